The van der Waals surface area contributed by atoms with Gasteiger partial charge in [0.2, 0.25) is 5.91 Å². The lowest BCUT2D eigenvalue weighted by Crippen LogP contribution is -2.20. The highest BCUT2D eigenvalue weighted by Gasteiger charge is 2.15. The largest absolute Gasteiger partial charge is 0.318 e. The molecule has 3 rings (SSSR count). The number of para-hydroxylation sites is 1. The van der Waals surface area contributed by atoms with E-state index in [1.807, 2.05) is 24.5 Å². The zero-order valence-corrected chi connectivity index (χ0v) is 15.9. The Balaban J connectivity index is 1.71. The van der Waals surface area contributed by atoms with Gasteiger partial charge in [-0.05, 0) is 44.2 Å². The number of nitro benzene ring substituents is 1. The molecule has 0 spiro atoms. The van der Waals surface area contributed by atoms with Gasteiger partial charge in [-0.15, -0.1) is 0 Å². The second-order valence-corrected chi connectivity index (χ2v) is 6.49. The zero-order valence-electron chi connectivity index (χ0n) is 15.9. The molecule has 8 heteroatoms. The van der Waals surface area contributed by atoms with E-state index in [9.17, 15) is 19.3 Å². The quantitative estimate of drug-likeness (QED) is 0.391. The summed E-state index contributed by atoms with van der Waals surface area (Å²) in [5.74, 6) is -0.762. The molecule has 7 nitrogen and oxygen atoms in total. The SMILES string of the molecule is Cc1cc(/C=N/NC(=O)Cc2ccccc2[N+](=O)[O-])c(C)n1-c1ccc(F)cc1. The fourth-order valence-electron chi connectivity index (χ4n) is 3.13. The van der Waals surface area contributed by atoms with Gasteiger partial charge in [-0.2, -0.15) is 5.10 Å². The first kappa shape index (κ1) is 19.9. The summed E-state index contributed by atoms with van der Waals surface area (Å²) in [5.41, 5.74) is 6.04. The van der Waals surface area contributed by atoms with E-state index >= 15 is 0 Å². The monoisotopic (exact) mass is 394 g/mol. The van der Waals surface area contributed by atoms with Crippen LogP contribution in [0.15, 0.2) is 59.7 Å². The summed E-state index contributed by atoms with van der Waals surface area (Å²) in [6.45, 7) is 3.81. The highest BCUT2D eigenvalue weighted by atomic mass is 19.1. The van der Waals surface area contributed by atoms with E-state index in [-0.39, 0.29) is 17.9 Å². The number of rotatable bonds is 6. The van der Waals surface area contributed by atoms with Crippen molar-refractivity contribution in [1.29, 1.82) is 0 Å². The van der Waals surface area contributed by atoms with Crippen molar-refractivity contribution in [3.8, 4) is 5.69 Å². The molecular formula is C21H19FN4O3. The first-order valence-corrected chi connectivity index (χ1v) is 8.86. The van der Waals surface area contributed by atoms with E-state index in [1.54, 1.807) is 24.3 Å². The molecule has 0 aliphatic rings. The van der Waals surface area contributed by atoms with Gasteiger partial charge in [0.15, 0.2) is 0 Å². The summed E-state index contributed by atoms with van der Waals surface area (Å²) < 4.78 is 15.1. The van der Waals surface area contributed by atoms with Crippen LogP contribution in [0.4, 0.5) is 10.1 Å². The van der Waals surface area contributed by atoms with Crippen LogP contribution in [-0.4, -0.2) is 21.6 Å². The lowest BCUT2D eigenvalue weighted by Gasteiger charge is -2.09. The molecule has 0 atom stereocenters. The van der Waals surface area contributed by atoms with E-state index < -0.39 is 10.8 Å². The lowest BCUT2D eigenvalue weighted by atomic mass is 10.1. The number of benzene rings is 2. The lowest BCUT2D eigenvalue weighted by molar-refractivity contribution is -0.385. The Morgan fingerprint density at radius 2 is 1.90 bits per heavy atom. The molecule has 0 saturated carbocycles. The van der Waals surface area contributed by atoms with Crippen LogP contribution in [-0.2, 0) is 11.2 Å². The van der Waals surface area contributed by atoms with Gasteiger partial charge in [-0.3, -0.25) is 14.9 Å². The number of hydrogen-bond acceptors (Lipinski definition) is 4. The van der Waals surface area contributed by atoms with Crippen molar-refractivity contribution in [1.82, 2.24) is 9.99 Å². The summed E-state index contributed by atoms with van der Waals surface area (Å²) in [7, 11) is 0. The molecule has 2 aromatic carbocycles. The Morgan fingerprint density at radius 3 is 2.59 bits per heavy atom. The Bertz CT molecular complexity index is 1090. The Kier molecular flexibility index (Phi) is 5.82. The maximum atomic E-state index is 13.2. The fraction of sp³-hybridized carbons (Fsp3) is 0.143. The van der Waals surface area contributed by atoms with Crippen molar-refractivity contribution in [2.75, 3.05) is 0 Å². The third-order valence-corrected chi connectivity index (χ3v) is 4.49. The number of nitrogens with zero attached hydrogens (tertiary/aromatic N) is 3. The average molecular weight is 394 g/mol. The van der Waals surface area contributed by atoms with Crippen LogP contribution < -0.4 is 5.43 Å². The average Bonchev–Trinajstić information content (AvgIpc) is 2.96. The first-order valence-electron chi connectivity index (χ1n) is 8.86. The second kappa shape index (κ2) is 8.47. The molecule has 3 aromatic rings. The van der Waals surface area contributed by atoms with Gasteiger partial charge in [0.1, 0.15) is 5.82 Å². The van der Waals surface area contributed by atoms with Crippen LogP contribution in [0.5, 0.6) is 0 Å². The zero-order chi connectivity index (χ0) is 21.0. The number of aryl methyl sites for hydroxylation is 1. The third-order valence-electron chi connectivity index (χ3n) is 4.49. The molecule has 29 heavy (non-hydrogen) atoms. The molecule has 1 amide bonds. The van der Waals surface area contributed by atoms with Gasteiger partial charge in [-0.25, -0.2) is 9.82 Å². The van der Waals surface area contributed by atoms with Crippen molar-refractivity contribution in [3.05, 3.63) is 93.0 Å². The highest BCUT2D eigenvalue weighted by Crippen LogP contribution is 2.20. The number of carbonyl (C=O) groups is 1. The van der Waals surface area contributed by atoms with Crippen molar-refractivity contribution in [2.24, 2.45) is 5.10 Å². The number of hydrazone groups is 1. The van der Waals surface area contributed by atoms with Crippen molar-refractivity contribution < 1.29 is 14.1 Å². The molecule has 1 N–H and O–H groups in total. The minimum Gasteiger partial charge on any atom is -0.318 e. The molecular weight excluding hydrogens is 375 g/mol. The molecule has 1 heterocycles. The predicted molar refractivity (Wildman–Crippen MR) is 108 cm³/mol. The number of halogens is 1. The molecule has 148 valence electrons. The topological polar surface area (TPSA) is 89.5 Å². The maximum Gasteiger partial charge on any atom is 0.273 e. The van der Waals surface area contributed by atoms with E-state index in [0.717, 1.165) is 22.6 Å². The number of nitro groups is 1. The summed E-state index contributed by atoms with van der Waals surface area (Å²) in [5, 5.41) is 15.0. The van der Waals surface area contributed by atoms with Gasteiger partial charge >= 0.3 is 0 Å². The van der Waals surface area contributed by atoms with Crippen LogP contribution >= 0.6 is 0 Å². The fourth-order valence-corrected chi connectivity index (χ4v) is 3.13. The maximum absolute atomic E-state index is 13.2. The predicted octanol–water partition coefficient (Wildman–Crippen LogP) is 3.83. The van der Waals surface area contributed by atoms with Gasteiger partial charge in [0.25, 0.3) is 5.69 Å². The molecule has 1 aromatic heterocycles. The number of carbonyl (C=O) groups excluding carboxylic acids is 1. The number of hydrogen-bond donors (Lipinski definition) is 1. The van der Waals surface area contributed by atoms with Crippen LogP contribution in [0.25, 0.3) is 5.69 Å². The molecule has 0 bridgehead atoms. The third kappa shape index (κ3) is 4.55. The van der Waals surface area contributed by atoms with Gasteiger partial charge in [0, 0.05) is 34.3 Å². The minimum absolute atomic E-state index is 0.102. The van der Waals surface area contributed by atoms with Crippen LogP contribution in [0, 0.1) is 29.8 Å². The van der Waals surface area contributed by atoms with Crippen molar-refractivity contribution in [2.45, 2.75) is 20.3 Å². The molecule has 0 aliphatic carbocycles. The van der Waals surface area contributed by atoms with Crippen molar-refractivity contribution in [3.63, 3.8) is 0 Å². The summed E-state index contributed by atoms with van der Waals surface area (Å²) in [6, 6.07) is 14.1. The van der Waals surface area contributed by atoms with E-state index in [4.69, 9.17) is 0 Å². The Hall–Kier alpha value is -3.81. The van der Waals surface area contributed by atoms with E-state index in [2.05, 4.69) is 10.5 Å². The standard InChI is InChI=1S/C21H19FN4O3/c1-14-11-17(15(2)25(14)19-9-7-18(22)8-10-19)13-23-24-21(27)12-16-5-3-4-6-20(16)26(28)29/h3-11,13H,12H2,1-2H3,(H,24,27)/b23-13+. The van der Waals surface area contributed by atoms with Gasteiger partial charge in [-0.1, -0.05) is 18.2 Å². The van der Waals surface area contributed by atoms with Crippen molar-refractivity contribution >= 4 is 17.8 Å². The first-order chi connectivity index (χ1) is 13.9. The number of amides is 1. The molecule has 0 aliphatic heterocycles. The molecule has 0 fully saturated rings. The molecule has 0 radical (unpaired) electrons. The van der Waals surface area contributed by atoms with Crippen LogP contribution in [0.1, 0.15) is 22.5 Å². The van der Waals surface area contributed by atoms with Crippen LogP contribution in [0.3, 0.4) is 0 Å². The van der Waals surface area contributed by atoms with Crippen LogP contribution in [0.2, 0.25) is 0 Å². The summed E-state index contributed by atoms with van der Waals surface area (Å²) in [4.78, 5) is 22.6. The Morgan fingerprint density at radius 1 is 1.21 bits per heavy atom. The molecule has 0 unspecified atom stereocenters. The summed E-state index contributed by atoms with van der Waals surface area (Å²) in [6.07, 6.45) is 1.36. The minimum atomic E-state index is -0.518. The van der Waals surface area contributed by atoms with Gasteiger partial charge in [0.05, 0.1) is 17.6 Å². The second-order valence-electron chi connectivity index (χ2n) is 6.49. The number of nitrogens with one attached hydrogen (secondary N) is 1. The Labute approximate surface area is 166 Å². The highest BCUT2D eigenvalue weighted by molar-refractivity contribution is 5.85. The normalized spacial score (nSPS) is 11.0. The number of aromatic nitrogens is 1. The molecule has 0 saturated heterocycles. The summed E-state index contributed by atoms with van der Waals surface area (Å²) >= 11 is 0. The van der Waals surface area contributed by atoms with E-state index in [1.165, 1.54) is 30.5 Å². The van der Waals surface area contributed by atoms with E-state index in [0.29, 0.717) is 5.56 Å². The van der Waals surface area contributed by atoms with Gasteiger partial charge < -0.3 is 4.57 Å². The smallest absolute Gasteiger partial charge is 0.273 e.